The van der Waals surface area contributed by atoms with Gasteiger partial charge in [0.15, 0.2) is 11.5 Å². The summed E-state index contributed by atoms with van der Waals surface area (Å²) in [5.41, 5.74) is 0.521. The Balaban J connectivity index is 1.98. The first-order valence-corrected chi connectivity index (χ1v) is 8.57. The van der Waals surface area contributed by atoms with Gasteiger partial charge in [-0.25, -0.2) is 9.78 Å². The third kappa shape index (κ3) is 3.17. The van der Waals surface area contributed by atoms with Gasteiger partial charge < -0.3 is 9.67 Å². The zero-order valence-corrected chi connectivity index (χ0v) is 14.9. The van der Waals surface area contributed by atoms with Crippen LogP contribution in [0.4, 0.5) is 0 Å². The van der Waals surface area contributed by atoms with Crippen molar-refractivity contribution in [3.8, 4) is 29.4 Å². The summed E-state index contributed by atoms with van der Waals surface area (Å²) >= 11 is 0. The van der Waals surface area contributed by atoms with E-state index in [9.17, 15) is 25.2 Å². The Bertz CT molecular complexity index is 1420. The van der Waals surface area contributed by atoms with Crippen molar-refractivity contribution in [2.75, 3.05) is 0 Å². The van der Waals surface area contributed by atoms with Crippen LogP contribution in [0.25, 0.3) is 22.6 Å². The number of aromatic amines is 1. The fourth-order valence-electron chi connectivity index (χ4n) is 3.16. The van der Waals surface area contributed by atoms with E-state index in [2.05, 4.69) is 15.0 Å². The Hall–Kier alpha value is -4.50. The van der Waals surface area contributed by atoms with E-state index < -0.39 is 11.2 Å². The Labute approximate surface area is 163 Å². The van der Waals surface area contributed by atoms with Crippen molar-refractivity contribution in [1.29, 1.82) is 10.5 Å². The minimum atomic E-state index is -0.795. The highest BCUT2D eigenvalue weighted by molar-refractivity contribution is 5.82. The molecule has 0 amide bonds. The molecular formula is C20H12N6O3. The maximum Gasteiger partial charge on any atom is 0.349 e. The van der Waals surface area contributed by atoms with Gasteiger partial charge in [0, 0.05) is 6.54 Å². The standard InChI is InChI=1S/C20H12N6O3/c21-9-12-7-15-16(8-13(12)10-22)26(6-5-11-1-3-14(27)4-2-11)18-17(23-15)19(28)25-20(29)24-18/h1-4,7-8,27H,5-6H2,(H,25,28,29). The number of fused-ring (bicyclic) bond motifs is 2. The van der Waals surface area contributed by atoms with E-state index in [0.717, 1.165) is 5.56 Å². The molecule has 2 N–H and O–H groups in total. The lowest BCUT2D eigenvalue weighted by Gasteiger charge is -2.17. The van der Waals surface area contributed by atoms with Crippen molar-refractivity contribution in [3.63, 3.8) is 0 Å². The summed E-state index contributed by atoms with van der Waals surface area (Å²) in [7, 11) is 0. The minimum Gasteiger partial charge on any atom is -0.508 e. The SMILES string of the molecule is N#Cc1cc2nc3c(=O)[nH]c(=O)nc-3n(CCc3ccc(O)cc3)c2cc1C#N. The molecule has 2 heterocycles. The van der Waals surface area contributed by atoms with E-state index in [1.54, 1.807) is 28.8 Å². The largest absolute Gasteiger partial charge is 0.508 e. The number of H-pyrrole nitrogens is 1. The normalized spacial score (nSPS) is 10.7. The van der Waals surface area contributed by atoms with Crippen LogP contribution in [0.1, 0.15) is 16.7 Å². The van der Waals surface area contributed by atoms with Gasteiger partial charge in [-0.05, 0) is 36.2 Å². The maximum atomic E-state index is 12.3. The van der Waals surface area contributed by atoms with Crippen LogP contribution in [0.3, 0.4) is 0 Å². The van der Waals surface area contributed by atoms with Crippen LogP contribution in [0.5, 0.6) is 5.75 Å². The van der Waals surface area contributed by atoms with Gasteiger partial charge in [-0.15, -0.1) is 0 Å². The van der Waals surface area contributed by atoms with Crippen molar-refractivity contribution in [2.45, 2.75) is 13.0 Å². The number of phenolic OH excluding ortho intramolecular Hbond substituents is 1. The maximum absolute atomic E-state index is 12.3. The summed E-state index contributed by atoms with van der Waals surface area (Å²) in [5.74, 6) is 0.242. The van der Waals surface area contributed by atoms with E-state index in [0.29, 0.717) is 24.0 Å². The van der Waals surface area contributed by atoms with Crippen molar-refractivity contribution in [3.05, 3.63) is 73.9 Å². The first kappa shape index (κ1) is 17.9. The predicted molar refractivity (Wildman–Crippen MR) is 102 cm³/mol. The molecule has 0 aliphatic carbocycles. The third-order valence-corrected chi connectivity index (χ3v) is 4.55. The molecule has 9 nitrogen and oxygen atoms in total. The van der Waals surface area contributed by atoms with Crippen LogP contribution in [0, 0.1) is 22.7 Å². The molecule has 2 aromatic carbocycles. The van der Waals surface area contributed by atoms with E-state index in [1.807, 2.05) is 12.1 Å². The summed E-state index contributed by atoms with van der Waals surface area (Å²) in [4.78, 5) is 34.3. The summed E-state index contributed by atoms with van der Waals surface area (Å²) in [6, 6.07) is 13.5. The second kappa shape index (κ2) is 6.91. The lowest BCUT2D eigenvalue weighted by Crippen LogP contribution is -2.29. The number of aromatic hydroxyl groups is 1. The van der Waals surface area contributed by atoms with Crippen LogP contribution in [-0.2, 0) is 13.0 Å². The highest BCUT2D eigenvalue weighted by Gasteiger charge is 2.20. The molecule has 0 spiro atoms. The number of hydrogen-bond acceptors (Lipinski definition) is 7. The van der Waals surface area contributed by atoms with Crippen molar-refractivity contribution in [1.82, 2.24) is 19.5 Å². The molecule has 29 heavy (non-hydrogen) atoms. The number of hydrogen-bond donors (Lipinski definition) is 2. The van der Waals surface area contributed by atoms with E-state index in [1.165, 1.54) is 12.1 Å². The predicted octanol–water partition coefficient (Wildman–Crippen LogP) is 1.28. The number of benzene rings is 2. The monoisotopic (exact) mass is 384 g/mol. The molecule has 0 fully saturated rings. The van der Waals surface area contributed by atoms with Gasteiger partial charge in [0.25, 0.3) is 5.56 Å². The topological polar surface area (TPSA) is 148 Å². The van der Waals surface area contributed by atoms with E-state index in [-0.39, 0.29) is 28.4 Å². The molecule has 2 aromatic rings. The lowest BCUT2D eigenvalue weighted by atomic mass is 10.1. The first-order valence-electron chi connectivity index (χ1n) is 8.57. The van der Waals surface area contributed by atoms with Gasteiger partial charge >= 0.3 is 5.69 Å². The number of nitriles is 2. The second-order valence-electron chi connectivity index (χ2n) is 6.33. The van der Waals surface area contributed by atoms with Gasteiger partial charge in [-0.3, -0.25) is 9.78 Å². The molecule has 0 radical (unpaired) electrons. The highest BCUT2D eigenvalue weighted by Crippen LogP contribution is 2.24. The van der Waals surface area contributed by atoms with Crippen LogP contribution < -0.4 is 11.2 Å². The van der Waals surface area contributed by atoms with Gasteiger partial charge in [0.1, 0.15) is 17.9 Å². The molecular weight excluding hydrogens is 372 g/mol. The summed E-state index contributed by atoms with van der Waals surface area (Å²) in [6.07, 6.45) is 0.504. The average Bonchev–Trinajstić information content (AvgIpc) is 2.72. The fourth-order valence-corrected chi connectivity index (χ4v) is 3.16. The Kier molecular flexibility index (Phi) is 4.26. The highest BCUT2D eigenvalue weighted by atomic mass is 16.3. The Morgan fingerprint density at radius 2 is 1.72 bits per heavy atom. The number of aromatic nitrogens is 4. The molecule has 4 rings (SSSR count). The molecule has 0 saturated heterocycles. The smallest absolute Gasteiger partial charge is 0.349 e. The number of rotatable bonds is 3. The molecule has 0 bridgehead atoms. The zero-order valence-electron chi connectivity index (χ0n) is 14.9. The Morgan fingerprint density at radius 1 is 1.03 bits per heavy atom. The molecule has 0 saturated carbocycles. The molecule has 2 aliphatic heterocycles. The summed E-state index contributed by atoms with van der Waals surface area (Å²) in [5, 5.41) is 28.1. The van der Waals surface area contributed by atoms with Crippen molar-refractivity contribution in [2.24, 2.45) is 0 Å². The van der Waals surface area contributed by atoms with Gasteiger partial charge in [-0.2, -0.15) is 15.5 Å². The second-order valence-corrected chi connectivity index (χ2v) is 6.33. The van der Waals surface area contributed by atoms with Crippen molar-refractivity contribution >= 4 is 11.0 Å². The molecule has 0 aromatic heterocycles. The summed E-state index contributed by atoms with van der Waals surface area (Å²) in [6.45, 7) is 0.326. The third-order valence-electron chi connectivity index (χ3n) is 4.55. The fraction of sp³-hybridized carbons (Fsp3) is 0.100. The van der Waals surface area contributed by atoms with Crippen LogP contribution >= 0.6 is 0 Å². The quantitative estimate of drug-likeness (QED) is 0.505. The Morgan fingerprint density at radius 3 is 2.41 bits per heavy atom. The summed E-state index contributed by atoms with van der Waals surface area (Å²) < 4.78 is 1.64. The van der Waals surface area contributed by atoms with Crippen LogP contribution in [0.2, 0.25) is 0 Å². The van der Waals surface area contributed by atoms with Gasteiger partial charge in [0.2, 0.25) is 0 Å². The molecule has 0 atom stereocenters. The number of nitrogens with one attached hydrogen (secondary N) is 1. The molecule has 140 valence electrons. The number of phenols is 1. The zero-order chi connectivity index (χ0) is 20.5. The van der Waals surface area contributed by atoms with Gasteiger partial charge in [-0.1, -0.05) is 12.1 Å². The molecule has 2 aliphatic rings. The van der Waals surface area contributed by atoms with E-state index >= 15 is 0 Å². The van der Waals surface area contributed by atoms with Crippen LogP contribution in [-0.4, -0.2) is 24.6 Å². The molecule has 9 heteroatoms. The van der Waals surface area contributed by atoms with Gasteiger partial charge in [0.05, 0.1) is 22.2 Å². The van der Waals surface area contributed by atoms with E-state index in [4.69, 9.17) is 0 Å². The minimum absolute atomic E-state index is 0.0311. The number of aryl methyl sites for hydroxylation is 2. The number of nitrogens with zero attached hydrogens (tertiary/aromatic N) is 5. The first-order chi connectivity index (χ1) is 14.0. The average molecular weight is 384 g/mol. The van der Waals surface area contributed by atoms with Crippen LogP contribution in [0.15, 0.2) is 46.0 Å². The lowest BCUT2D eigenvalue weighted by molar-refractivity contribution is 0.475. The van der Waals surface area contributed by atoms with Crippen molar-refractivity contribution < 1.29 is 5.11 Å². The molecule has 0 unspecified atom stereocenters.